The predicted octanol–water partition coefficient (Wildman–Crippen LogP) is 1.33. The van der Waals surface area contributed by atoms with Crippen molar-refractivity contribution in [2.45, 2.75) is 19.4 Å². The Labute approximate surface area is 99.4 Å². The van der Waals surface area contributed by atoms with E-state index in [4.69, 9.17) is 4.74 Å². The summed E-state index contributed by atoms with van der Waals surface area (Å²) in [5.41, 5.74) is -1.20. The van der Waals surface area contributed by atoms with E-state index in [1.165, 1.54) is 25.3 Å². The molecule has 1 amide bonds. The van der Waals surface area contributed by atoms with Crippen LogP contribution in [0.15, 0.2) is 18.2 Å². The Morgan fingerprint density at radius 1 is 1.53 bits per heavy atom. The predicted molar refractivity (Wildman–Crippen MR) is 61.6 cm³/mol. The van der Waals surface area contributed by atoms with Crippen LogP contribution in [0.5, 0.6) is 5.75 Å². The second-order valence-corrected chi connectivity index (χ2v) is 4.31. The topological polar surface area (TPSA) is 58.6 Å². The first kappa shape index (κ1) is 13.4. The average Bonchev–Trinajstić information content (AvgIpc) is 2.24. The van der Waals surface area contributed by atoms with Crippen molar-refractivity contribution in [1.82, 2.24) is 5.32 Å². The van der Waals surface area contributed by atoms with Gasteiger partial charge in [-0.1, -0.05) is 6.07 Å². The lowest BCUT2D eigenvalue weighted by molar-refractivity contribution is 0.0690. The summed E-state index contributed by atoms with van der Waals surface area (Å²) in [5, 5.41) is 11.9. The van der Waals surface area contributed by atoms with Crippen LogP contribution in [0.4, 0.5) is 4.39 Å². The summed E-state index contributed by atoms with van der Waals surface area (Å²) >= 11 is 0. The van der Waals surface area contributed by atoms with Crippen molar-refractivity contribution in [3.8, 4) is 5.75 Å². The van der Waals surface area contributed by atoms with Gasteiger partial charge in [-0.25, -0.2) is 4.39 Å². The molecule has 17 heavy (non-hydrogen) atoms. The van der Waals surface area contributed by atoms with Gasteiger partial charge in [-0.05, 0) is 26.0 Å². The quantitative estimate of drug-likeness (QED) is 0.836. The summed E-state index contributed by atoms with van der Waals surface area (Å²) in [6.45, 7) is 3.13. The SMILES string of the molecule is COc1cccc(F)c1C(=O)NCC(C)(C)O. The summed E-state index contributed by atoms with van der Waals surface area (Å²) in [5.74, 6) is -1.10. The third-order valence-electron chi connectivity index (χ3n) is 2.10. The zero-order valence-electron chi connectivity index (χ0n) is 10.1. The summed E-state index contributed by atoms with van der Waals surface area (Å²) in [4.78, 5) is 11.7. The standard InChI is InChI=1S/C12H16FNO3/c1-12(2,16)7-14-11(15)10-8(13)5-4-6-9(10)17-3/h4-6,16H,7H2,1-3H3,(H,14,15). The smallest absolute Gasteiger partial charge is 0.258 e. The molecule has 0 saturated carbocycles. The van der Waals surface area contributed by atoms with Gasteiger partial charge in [-0.3, -0.25) is 4.79 Å². The Hall–Kier alpha value is -1.62. The van der Waals surface area contributed by atoms with E-state index in [-0.39, 0.29) is 17.9 Å². The molecule has 0 bridgehead atoms. The normalized spacial score (nSPS) is 11.1. The number of benzene rings is 1. The Bertz CT molecular complexity index is 413. The molecule has 0 atom stereocenters. The fourth-order valence-electron chi connectivity index (χ4n) is 1.28. The highest BCUT2D eigenvalue weighted by atomic mass is 19.1. The van der Waals surface area contributed by atoms with Gasteiger partial charge in [0.2, 0.25) is 0 Å². The largest absolute Gasteiger partial charge is 0.496 e. The number of hydrogen-bond donors (Lipinski definition) is 2. The van der Waals surface area contributed by atoms with E-state index in [1.54, 1.807) is 13.8 Å². The molecule has 1 rings (SSSR count). The van der Waals surface area contributed by atoms with Gasteiger partial charge in [0.15, 0.2) is 0 Å². The summed E-state index contributed by atoms with van der Waals surface area (Å²) in [6.07, 6.45) is 0. The second kappa shape index (κ2) is 5.14. The third-order valence-corrected chi connectivity index (χ3v) is 2.10. The number of halogens is 1. The summed E-state index contributed by atoms with van der Waals surface area (Å²) in [7, 11) is 1.36. The van der Waals surface area contributed by atoms with E-state index >= 15 is 0 Å². The summed E-state index contributed by atoms with van der Waals surface area (Å²) < 4.78 is 18.4. The van der Waals surface area contributed by atoms with E-state index < -0.39 is 17.3 Å². The zero-order valence-corrected chi connectivity index (χ0v) is 10.1. The van der Waals surface area contributed by atoms with Gasteiger partial charge >= 0.3 is 0 Å². The molecule has 1 aromatic carbocycles. The number of aliphatic hydroxyl groups is 1. The van der Waals surface area contributed by atoms with Crippen LogP contribution in [-0.4, -0.2) is 30.3 Å². The molecule has 4 nitrogen and oxygen atoms in total. The molecule has 1 aromatic rings. The second-order valence-electron chi connectivity index (χ2n) is 4.31. The van der Waals surface area contributed by atoms with Gasteiger partial charge in [0, 0.05) is 6.54 Å². The highest BCUT2D eigenvalue weighted by Gasteiger charge is 2.20. The molecule has 94 valence electrons. The first-order valence-electron chi connectivity index (χ1n) is 5.18. The Morgan fingerprint density at radius 2 is 2.18 bits per heavy atom. The number of hydrogen-bond acceptors (Lipinski definition) is 3. The Morgan fingerprint density at radius 3 is 2.71 bits per heavy atom. The molecule has 2 N–H and O–H groups in total. The van der Waals surface area contributed by atoms with Crippen LogP contribution in [0.3, 0.4) is 0 Å². The molecule has 0 spiro atoms. The molecular formula is C12H16FNO3. The van der Waals surface area contributed by atoms with Gasteiger partial charge in [0.1, 0.15) is 17.1 Å². The first-order valence-corrected chi connectivity index (χ1v) is 5.18. The van der Waals surface area contributed by atoms with Crippen molar-refractivity contribution in [3.63, 3.8) is 0 Å². The number of methoxy groups -OCH3 is 1. The Kier molecular flexibility index (Phi) is 4.07. The number of rotatable bonds is 4. The monoisotopic (exact) mass is 241 g/mol. The molecule has 0 unspecified atom stereocenters. The molecule has 0 fully saturated rings. The molecule has 0 radical (unpaired) electrons. The van der Waals surface area contributed by atoms with Crippen molar-refractivity contribution in [2.24, 2.45) is 0 Å². The number of carbonyl (C=O) groups is 1. The maximum Gasteiger partial charge on any atom is 0.258 e. The van der Waals surface area contributed by atoms with Crippen molar-refractivity contribution < 1.29 is 19.0 Å². The van der Waals surface area contributed by atoms with Crippen molar-refractivity contribution in [2.75, 3.05) is 13.7 Å². The number of ether oxygens (including phenoxy) is 1. The van der Waals surface area contributed by atoms with Crippen molar-refractivity contribution in [1.29, 1.82) is 0 Å². The van der Waals surface area contributed by atoms with Gasteiger partial charge in [-0.15, -0.1) is 0 Å². The molecular weight excluding hydrogens is 225 g/mol. The van der Waals surface area contributed by atoms with Crippen molar-refractivity contribution >= 4 is 5.91 Å². The van der Waals surface area contributed by atoms with Gasteiger partial charge < -0.3 is 15.2 Å². The molecule has 5 heteroatoms. The van der Waals surface area contributed by atoms with Crippen LogP contribution in [0, 0.1) is 5.82 Å². The third kappa shape index (κ3) is 3.71. The van der Waals surface area contributed by atoms with Crippen LogP contribution < -0.4 is 10.1 Å². The first-order chi connectivity index (χ1) is 7.85. The molecule has 0 aromatic heterocycles. The molecule has 0 heterocycles. The minimum absolute atomic E-state index is 0.0311. The average molecular weight is 241 g/mol. The number of carbonyl (C=O) groups excluding carboxylic acids is 1. The molecule has 0 aliphatic heterocycles. The molecule has 0 aliphatic rings. The summed E-state index contributed by atoms with van der Waals surface area (Å²) in [6, 6.07) is 4.14. The van der Waals surface area contributed by atoms with E-state index in [9.17, 15) is 14.3 Å². The minimum atomic E-state index is -1.05. The van der Waals surface area contributed by atoms with E-state index in [0.717, 1.165) is 0 Å². The van der Waals surface area contributed by atoms with Crippen LogP contribution in [0.1, 0.15) is 24.2 Å². The van der Waals surface area contributed by atoms with E-state index in [2.05, 4.69) is 5.32 Å². The lowest BCUT2D eigenvalue weighted by atomic mass is 10.1. The lowest BCUT2D eigenvalue weighted by Gasteiger charge is -2.18. The van der Waals surface area contributed by atoms with Gasteiger partial charge in [0.25, 0.3) is 5.91 Å². The van der Waals surface area contributed by atoms with Crippen LogP contribution >= 0.6 is 0 Å². The highest BCUT2D eigenvalue weighted by molar-refractivity contribution is 5.97. The van der Waals surface area contributed by atoms with Gasteiger partial charge in [0.05, 0.1) is 12.7 Å². The van der Waals surface area contributed by atoms with E-state index in [1.807, 2.05) is 0 Å². The lowest BCUT2D eigenvalue weighted by Crippen LogP contribution is -2.38. The fourth-order valence-corrected chi connectivity index (χ4v) is 1.28. The van der Waals surface area contributed by atoms with Crippen LogP contribution in [0.25, 0.3) is 0 Å². The Balaban J connectivity index is 2.89. The molecule has 0 saturated heterocycles. The van der Waals surface area contributed by atoms with Crippen molar-refractivity contribution in [3.05, 3.63) is 29.6 Å². The fraction of sp³-hybridized carbons (Fsp3) is 0.417. The maximum atomic E-state index is 13.5. The highest BCUT2D eigenvalue weighted by Crippen LogP contribution is 2.20. The zero-order chi connectivity index (χ0) is 13.1. The number of amides is 1. The minimum Gasteiger partial charge on any atom is -0.496 e. The maximum absolute atomic E-state index is 13.5. The molecule has 0 aliphatic carbocycles. The van der Waals surface area contributed by atoms with Crippen LogP contribution in [0.2, 0.25) is 0 Å². The number of nitrogens with one attached hydrogen (secondary N) is 1. The van der Waals surface area contributed by atoms with E-state index in [0.29, 0.717) is 0 Å². The van der Waals surface area contributed by atoms with Crippen LogP contribution in [-0.2, 0) is 0 Å². The van der Waals surface area contributed by atoms with Gasteiger partial charge in [-0.2, -0.15) is 0 Å².